The lowest BCUT2D eigenvalue weighted by Crippen LogP contribution is -2.12. The van der Waals surface area contributed by atoms with E-state index in [0.29, 0.717) is 5.56 Å². The Balaban J connectivity index is 3.25. The number of benzene rings is 1. The van der Waals surface area contributed by atoms with Crippen LogP contribution in [-0.2, 0) is 22.5 Å². The van der Waals surface area contributed by atoms with Gasteiger partial charge in [-0.2, -0.15) is 5.26 Å². The molecule has 1 aromatic rings. The van der Waals surface area contributed by atoms with Crippen molar-refractivity contribution < 1.29 is 14.5 Å². The van der Waals surface area contributed by atoms with Gasteiger partial charge in [-0.05, 0) is 12.5 Å². The van der Waals surface area contributed by atoms with Gasteiger partial charge in [0, 0.05) is 12.6 Å². The molecule has 0 amide bonds. The summed E-state index contributed by atoms with van der Waals surface area (Å²) in [5, 5.41) is 19.9. The number of carbonyl (C=O) groups is 1. The van der Waals surface area contributed by atoms with E-state index in [1.165, 1.54) is 12.1 Å². The van der Waals surface area contributed by atoms with Gasteiger partial charge < -0.3 is 10.5 Å². The van der Waals surface area contributed by atoms with Gasteiger partial charge in [-0.15, -0.1) is 0 Å². The Hall–Kier alpha value is -2.46. The summed E-state index contributed by atoms with van der Waals surface area (Å²) in [5.74, 6) is -0.490. The molecule has 0 aliphatic carbocycles. The fraction of sp³-hybridized carbons (Fsp3) is 0.333. The molecular weight excluding hydrogens is 250 g/mol. The van der Waals surface area contributed by atoms with Crippen LogP contribution >= 0.6 is 0 Å². The quantitative estimate of drug-likeness (QED) is 0.481. The minimum absolute atomic E-state index is 0.0738. The smallest absolute Gasteiger partial charge is 0.310 e. The third-order valence-corrected chi connectivity index (χ3v) is 2.53. The Morgan fingerprint density at radius 1 is 1.58 bits per heavy atom. The van der Waals surface area contributed by atoms with Crippen molar-refractivity contribution in [2.75, 3.05) is 6.61 Å². The number of nitrogens with two attached hydrogens (primary N) is 1. The van der Waals surface area contributed by atoms with Crippen LogP contribution in [0.5, 0.6) is 0 Å². The molecule has 0 atom stereocenters. The molecule has 0 saturated heterocycles. The molecule has 100 valence electrons. The first-order valence-electron chi connectivity index (χ1n) is 5.60. The summed E-state index contributed by atoms with van der Waals surface area (Å²) in [6.45, 7) is 1.76. The Morgan fingerprint density at radius 2 is 2.26 bits per heavy atom. The molecule has 19 heavy (non-hydrogen) atoms. The number of hydrogen-bond donors (Lipinski definition) is 1. The largest absolute Gasteiger partial charge is 0.466 e. The highest BCUT2D eigenvalue weighted by Crippen LogP contribution is 2.25. The van der Waals surface area contributed by atoms with Crippen LogP contribution in [-0.4, -0.2) is 17.5 Å². The van der Waals surface area contributed by atoms with E-state index in [1.807, 2.05) is 6.07 Å². The molecule has 0 heterocycles. The Bertz CT molecular complexity index is 549. The topological polar surface area (TPSA) is 119 Å². The number of nitro groups is 1. The van der Waals surface area contributed by atoms with Crippen LogP contribution in [0.2, 0.25) is 0 Å². The van der Waals surface area contributed by atoms with E-state index in [1.54, 1.807) is 6.92 Å². The van der Waals surface area contributed by atoms with Crippen molar-refractivity contribution in [3.63, 3.8) is 0 Å². The van der Waals surface area contributed by atoms with Crippen molar-refractivity contribution >= 4 is 11.7 Å². The molecule has 0 bridgehead atoms. The van der Waals surface area contributed by atoms with Gasteiger partial charge in [-0.25, -0.2) is 0 Å². The van der Waals surface area contributed by atoms with Crippen LogP contribution in [0.3, 0.4) is 0 Å². The van der Waals surface area contributed by atoms with Gasteiger partial charge >= 0.3 is 5.97 Å². The third-order valence-electron chi connectivity index (χ3n) is 2.53. The molecule has 0 aliphatic rings. The zero-order valence-electron chi connectivity index (χ0n) is 10.4. The molecule has 1 aromatic carbocycles. The fourth-order valence-corrected chi connectivity index (χ4v) is 1.72. The van der Waals surface area contributed by atoms with Crippen LogP contribution in [0, 0.1) is 21.4 Å². The summed E-state index contributed by atoms with van der Waals surface area (Å²) >= 11 is 0. The Morgan fingerprint density at radius 3 is 2.74 bits per heavy atom. The minimum Gasteiger partial charge on any atom is -0.466 e. The Kier molecular flexibility index (Phi) is 4.97. The molecule has 7 heteroatoms. The zero-order valence-corrected chi connectivity index (χ0v) is 10.4. The van der Waals surface area contributed by atoms with Gasteiger partial charge in [0.25, 0.3) is 5.69 Å². The first kappa shape index (κ1) is 14.6. The van der Waals surface area contributed by atoms with Crippen molar-refractivity contribution in [2.45, 2.75) is 19.9 Å². The van der Waals surface area contributed by atoms with Crippen LogP contribution < -0.4 is 5.73 Å². The van der Waals surface area contributed by atoms with Crippen molar-refractivity contribution in [3.8, 4) is 6.07 Å². The lowest BCUT2D eigenvalue weighted by Gasteiger charge is -2.08. The van der Waals surface area contributed by atoms with Crippen molar-refractivity contribution in [1.82, 2.24) is 0 Å². The monoisotopic (exact) mass is 263 g/mol. The van der Waals surface area contributed by atoms with Crippen LogP contribution in [0.1, 0.15) is 23.6 Å². The molecular formula is C12H13N3O4. The van der Waals surface area contributed by atoms with Gasteiger partial charge in [0.15, 0.2) is 0 Å². The van der Waals surface area contributed by atoms with E-state index in [4.69, 9.17) is 15.7 Å². The maximum Gasteiger partial charge on any atom is 0.310 e. The molecule has 0 fully saturated rings. The average Bonchev–Trinajstić information content (AvgIpc) is 2.37. The predicted molar refractivity (Wildman–Crippen MR) is 66.0 cm³/mol. The number of nitrogens with zero attached hydrogens (tertiary/aromatic N) is 2. The molecule has 2 N–H and O–H groups in total. The normalized spacial score (nSPS) is 9.74. The molecule has 0 aliphatic heterocycles. The summed E-state index contributed by atoms with van der Waals surface area (Å²) in [6.07, 6.45) is -0.109. The van der Waals surface area contributed by atoms with E-state index in [0.717, 1.165) is 0 Å². The summed E-state index contributed by atoms with van der Waals surface area (Å²) in [4.78, 5) is 21.6. The van der Waals surface area contributed by atoms with E-state index in [2.05, 4.69) is 0 Å². The molecule has 1 rings (SSSR count). The molecule has 0 radical (unpaired) electrons. The lowest BCUT2D eigenvalue weighted by molar-refractivity contribution is -0.385. The second-order valence-electron chi connectivity index (χ2n) is 3.65. The highest BCUT2D eigenvalue weighted by Gasteiger charge is 2.21. The maximum atomic E-state index is 11.4. The number of carbonyl (C=O) groups excluding carboxylic acids is 1. The van der Waals surface area contributed by atoms with Crippen molar-refractivity contribution in [1.29, 1.82) is 5.26 Å². The number of ether oxygens (including phenoxy) is 1. The summed E-state index contributed by atoms with van der Waals surface area (Å²) in [6, 6.07) is 4.49. The van der Waals surface area contributed by atoms with Crippen molar-refractivity contribution in [2.24, 2.45) is 5.73 Å². The fourth-order valence-electron chi connectivity index (χ4n) is 1.72. The maximum absolute atomic E-state index is 11.4. The number of nitro benzene ring substituents is 1. The van der Waals surface area contributed by atoms with Gasteiger partial charge in [-0.1, -0.05) is 6.07 Å². The Labute approximate surface area is 109 Å². The van der Waals surface area contributed by atoms with Crippen LogP contribution in [0.15, 0.2) is 12.1 Å². The first-order valence-corrected chi connectivity index (χ1v) is 5.60. The minimum atomic E-state index is -0.600. The highest BCUT2D eigenvalue weighted by molar-refractivity contribution is 5.74. The number of rotatable bonds is 5. The van der Waals surface area contributed by atoms with Gasteiger partial charge in [0.1, 0.15) is 6.07 Å². The van der Waals surface area contributed by atoms with Gasteiger partial charge in [0.2, 0.25) is 0 Å². The highest BCUT2D eigenvalue weighted by atomic mass is 16.6. The van der Waals surface area contributed by atoms with Gasteiger partial charge in [-0.3, -0.25) is 14.9 Å². The second kappa shape index (κ2) is 6.47. The standard InChI is InChI=1S/C12H13N3O4/c1-2-19-12(16)5-8-3-4-11(15(17)18)10(7-14)9(8)6-13/h3-4H,2,5,7,14H2,1H3. The number of hydrogen-bond acceptors (Lipinski definition) is 6. The molecule has 0 aromatic heterocycles. The molecule has 7 nitrogen and oxygen atoms in total. The van der Waals surface area contributed by atoms with E-state index in [9.17, 15) is 14.9 Å². The van der Waals surface area contributed by atoms with Crippen molar-refractivity contribution in [3.05, 3.63) is 38.9 Å². The SMILES string of the molecule is CCOC(=O)Cc1ccc([N+](=O)[O-])c(CN)c1C#N. The zero-order chi connectivity index (χ0) is 14.4. The summed E-state index contributed by atoms with van der Waals surface area (Å²) < 4.78 is 4.78. The number of esters is 1. The van der Waals surface area contributed by atoms with Crippen LogP contribution in [0.4, 0.5) is 5.69 Å². The van der Waals surface area contributed by atoms with Crippen LogP contribution in [0.25, 0.3) is 0 Å². The first-order chi connectivity index (χ1) is 9.04. The van der Waals surface area contributed by atoms with Gasteiger partial charge in [0.05, 0.1) is 29.1 Å². The van der Waals surface area contributed by atoms with E-state index in [-0.39, 0.29) is 36.4 Å². The number of nitriles is 1. The molecule has 0 saturated carbocycles. The predicted octanol–water partition coefficient (Wildman–Crippen LogP) is 1.03. The lowest BCUT2D eigenvalue weighted by atomic mass is 9.98. The second-order valence-corrected chi connectivity index (χ2v) is 3.65. The third kappa shape index (κ3) is 3.26. The van der Waals surface area contributed by atoms with E-state index < -0.39 is 10.9 Å². The summed E-state index contributed by atoms with van der Waals surface area (Å²) in [5.41, 5.74) is 5.82. The van der Waals surface area contributed by atoms with E-state index >= 15 is 0 Å². The molecule has 0 unspecified atom stereocenters. The summed E-state index contributed by atoms with van der Waals surface area (Å²) in [7, 11) is 0. The average molecular weight is 263 g/mol. The molecule has 0 spiro atoms.